The molecule has 144 valence electrons. The number of nitrogens with one attached hydrogen (secondary N) is 1. The number of hydrogen-bond acceptors (Lipinski definition) is 4. The maximum Gasteiger partial charge on any atom is 0.266 e. The molecule has 0 bridgehead atoms. The second-order valence-corrected chi connectivity index (χ2v) is 5.86. The maximum absolute atomic E-state index is 12.5. The number of amides is 1. The van der Waals surface area contributed by atoms with E-state index in [-0.39, 0.29) is 5.57 Å². The first-order chi connectivity index (χ1) is 13.6. The van der Waals surface area contributed by atoms with Gasteiger partial charge in [0.05, 0.1) is 13.2 Å². The molecule has 0 aliphatic carbocycles. The highest BCUT2D eigenvalue weighted by atomic mass is 16.5. The first kappa shape index (κ1) is 20.8. The van der Waals surface area contributed by atoms with Crippen molar-refractivity contribution in [3.63, 3.8) is 0 Å². The Morgan fingerprint density at radius 1 is 1.18 bits per heavy atom. The van der Waals surface area contributed by atoms with Gasteiger partial charge in [0.1, 0.15) is 11.6 Å². The van der Waals surface area contributed by atoms with Crippen LogP contribution >= 0.6 is 0 Å². The van der Waals surface area contributed by atoms with Crippen LogP contribution < -0.4 is 14.8 Å². The molecular formula is C23H24N2O3. The molecule has 2 rings (SSSR count). The average Bonchev–Trinajstić information content (AvgIpc) is 2.69. The van der Waals surface area contributed by atoms with Gasteiger partial charge in [-0.15, -0.1) is 6.58 Å². The lowest BCUT2D eigenvalue weighted by atomic mass is 10.0. The summed E-state index contributed by atoms with van der Waals surface area (Å²) in [6.07, 6.45) is 3.90. The maximum atomic E-state index is 12.5. The van der Waals surface area contributed by atoms with Gasteiger partial charge in [0.15, 0.2) is 11.5 Å². The monoisotopic (exact) mass is 376 g/mol. The topological polar surface area (TPSA) is 71.4 Å². The normalized spacial score (nSPS) is 10.7. The Kier molecular flexibility index (Phi) is 7.86. The van der Waals surface area contributed by atoms with E-state index < -0.39 is 5.91 Å². The molecule has 0 heterocycles. The molecule has 0 saturated carbocycles. The summed E-state index contributed by atoms with van der Waals surface area (Å²) in [5.74, 6) is 0.773. The van der Waals surface area contributed by atoms with Crippen LogP contribution in [0.25, 0.3) is 6.08 Å². The minimum absolute atomic E-state index is 0.0000134. The van der Waals surface area contributed by atoms with Gasteiger partial charge < -0.3 is 14.8 Å². The summed E-state index contributed by atoms with van der Waals surface area (Å²) in [6, 6.07) is 14.6. The second-order valence-electron chi connectivity index (χ2n) is 5.86. The Morgan fingerprint density at radius 3 is 2.50 bits per heavy atom. The van der Waals surface area contributed by atoms with Crippen LogP contribution in [0.1, 0.15) is 25.0 Å². The number of ether oxygens (including phenoxy) is 2. The SMILES string of the molecule is C=CCc1cc(/C=C(\C#N)C(=O)Nc2ccccc2)cc(OCC)c1OCC. The van der Waals surface area contributed by atoms with Gasteiger partial charge in [-0.3, -0.25) is 4.79 Å². The van der Waals surface area contributed by atoms with Crippen LogP contribution in [0.15, 0.2) is 60.7 Å². The Bertz CT molecular complexity index is 896. The van der Waals surface area contributed by atoms with E-state index in [1.165, 1.54) is 0 Å². The molecule has 5 heteroatoms. The zero-order valence-electron chi connectivity index (χ0n) is 16.2. The van der Waals surface area contributed by atoms with E-state index >= 15 is 0 Å². The van der Waals surface area contributed by atoms with Gasteiger partial charge in [-0.2, -0.15) is 5.26 Å². The summed E-state index contributed by atoms with van der Waals surface area (Å²) in [7, 11) is 0. The highest BCUT2D eigenvalue weighted by molar-refractivity contribution is 6.09. The van der Waals surface area contributed by atoms with E-state index in [9.17, 15) is 10.1 Å². The van der Waals surface area contributed by atoms with Gasteiger partial charge in [-0.1, -0.05) is 24.3 Å². The summed E-state index contributed by atoms with van der Waals surface area (Å²) >= 11 is 0. The molecule has 0 fully saturated rings. The van der Waals surface area contributed by atoms with Gasteiger partial charge in [0.25, 0.3) is 5.91 Å². The van der Waals surface area contributed by atoms with Crippen LogP contribution in [0.5, 0.6) is 11.5 Å². The fraction of sp³-hybridized carbons (Fsp3) is 0.217. The average molecular weight is 376 g/mol. The van der Waals surface area contributed by atoms with Gasteiger partial charge >= 0.3 is 0 Å². The predicted octanol–water partition coefficient (Wildman–Crippen LogP) is 4.76. The fourth-order valence-corrected chi connectivity index (χ4v) is 2.68. The number of hydrogen-bond donors (Lipinski definition) is 1. The summed E-state index contributed by atoms with van der Waals surface area (Å²) in [5, 5.41) is 12.2. The molecule has 0 aliphatic rings. The summed E-state index contributed by atoms with van der Waals surface area (Å²) in [4.78, 5) is 12.5. The first-order valence-corrected chi connectivity index (χ1v) is 9.14. The van der Waals surface area contributed by atoms with E-state index in [0.717, 1.165) is 5.56 Å². The third-order valence-corrected chi connectivity index (χ3v) is 3.81. The Morgan fingerprint density at radius 2 is 1.89 bits per heavy atom. The largest absolute Gasteiger partial charge is 0.490 e. The van der Waals surface area contributed by atoms with Crippen molar-refractivity contribution in [2.75, 3.05) is 18.5 Å². The summed E-state index contributed by atoms with van der Waals surface area (Å²) in [6.45, 7) is 8.56. The molecule has 0 spiro atoms. The van der Waals surface area contributed by atoms with E-state index in [1.54, 1.807) is 30.4 Å². The molecule has 0 saturated heterocycles. The minimum Gasteiger partial charge on any atom is -0.490 e. The molecule has 2 aromatic rings. The second kappa shape index (κ2) is 10.6. The van der Waals surface area contributed by atoms with Crippen molar-refractivity contribution in [2.45, 2.75) is 20.3 Å². The number of rotatable bonds is 9. The molecule has 0 unspecified atom stereocenters. The number of carbonyl (C=O) groups is 1. The number of nitrogens with zero attached hydrogens (tertiary/aromatic N) is 1. The number of nitriles is 1. The highest BCUT2D eigenvalue weighted by Crippen LogP contribution is 2.34. The van der Waals surface area contributed by atoms with Crippen molar-refractivity contribution < 1.29 is 14.3 Å². The van der Waals surface area contributed by atoms with Gasteiger partial charge in [-0.05, 0) is 56.2 Å². The van der Waals surface area contributed by atoms with Crippen LogP contribution in [0, 0.1) is 11.3 Å². The molecule has 2 aromatic carbocycles. The van der Waals surface area contributed by atoms with Crippen LogP contribution in [0.3, 0.4) is 0 Å². The Labute approximate surface area is 165 Å². The Balaban J connectivity index is 2.41. The van der Waals surface area contributed by atoms with Crippen molar-refractivity contribution in [3.8, 4) is 17.6 Å². The number of carbonyl (C=O) groups excluding carboxylic acids is 1. The zero-order chi connectivity index (χ0) is 20.4. The Hall–Kier alpha value is -3.52. The van der Waals surface area contributed by atoms with E-state index in [1.807, 2.05) is 44.2 Å². The lowest BCUT2D eigenvalue weighted by Crippen LogP contribution is -2.13. The van der Waals surface area contributed by atoms with E-state index in [2.05, 4.69) is 11.9 Å². The zero-order valence-corrected chi connectivity index (χ0v) is 16.2. The quantitative estimate of drug-likeness (QED) is 0.389. The number of anilines is 1. The molecule has 28 heavy (non-hydrogen) atoms. The molecule has 0 aliphatic heterocycles. The van der Waals surface area contributed by atoms with Crippen LogP contribution in [0.2, 0.25) is 0 Å². The smallest absolute Gasteiger partial charge is 0.266 e. The van der Waals surface area contributed by atoms with Gasteiger partial charge in [-0.25, -0.2) is 0 Å². The van der Waals surface area contributed by atoms with Crippen molar-refractivity contribution in [1.82, 2.24) is 0 Å². The van der Waals surface area contributed by atoms with Crippen LogP contribution in [0.4, 0.5) is 5.69 Å². The molecular weight excluding hydrogens is 352 g/mol. The molecule has 1 N–H and O–H groups in total. The summed E-state index contributed by atoms with van der Waals surface area (Å²) in [5.41, 5.74) is 2.20. The fourth-order valence-electron chi connectivity index (χ4n) is 2.68. The number of allylic oxidation sites excluding steroid dienone is 1. The molecule has 5 nitrogen and oxygen atoms in total. The summed E-state index contributed by atoms with van der Waals surface area (Å²) < 4.78 is 11.5. The molecule has 0 atom stereocenters. The number of benzene rings is 2. The lowest BCUT2D eigenvalue weighted by molar-refractivity contribution is -0.112. The third-order valence-electron chi connectivity index (χ3n) is 3.81. The van der Waals surface area contributed by atoms with Crippen LogP contribution in [-0.4, -0.2) is 19.1 Å². The lowest BCUT2D eigenvalue weighted by Gasteiger charge is -2.16. The van der Waals surface area contributed by atoms with E-state index in [4.69, 9.17) is 9.47 Å². The van der Waals surface area contributed by atoms with Gasteiger partial charge in [0.2, 0.25) is 0 Å². The van der Waals surface area contributed by atoms with Gasteiger partial charge in [0, 0.05) is 11.3 Å². The molecule has 0 radical (unpaired) electrons. The first-order valence-electron chi connectivity index (χ1n) is 9.14. The van der Waals surface area contributed by atoms with Crippen molar-refractivity contribution in [2.24, 2.45) is 0 Å². The van der Waals surface area contributed by atoms with E-state index in [0.29, 0.717) is 42.4 Å². The third kappa shape index (κ3) is 5.49. The standard InChI is InChI=1S/C23H24N2O3/c1-4-10-18-13-17(15-21(27-5-2)22(18)28-6-3)14-19(16-24)23(26)25-20-11-8-7-9-12-20/h4,7-9,11-15H,1,5-6,10H2,2-3H3,(H,25,26)/b19-14+. The minimum atomic E-state index is -0.467. The highest BCUT2D eigenvalue weighted by Gasteiger charge is 2.14. The molecule has 1 amide bonds. The number of para-hydroxylation sites is 1. The van der Waals surface area contributed by atoms with Crippen molar-refractivity contribution in [3.05, 3.63) is 71.8 Å². The van der Waals surface area contributed by atoms with Crippen molar-refractivity contribution >= 4 is 17.7 Å². The van der Waals surface area contributed by atoms with Crippen molar-refractivity contribution in [1.29, 1.82) is 5.26 Å². The van der Waals surface area contributed by atoms with Crippen LogP contribution in [-0.2, 0) is 11.2 Å². The molecule has 0 aromatic heterocycles. The predicted molar refractivity (Wildman–Crippen MR) is 111 cm³/mol.